The highest BCUT2D eigenvalue weighted by molar-refractivity contribution is 6.17. The first-order chi connectivity index (χ1) is 9.72. The summed E-state index contributed by atoms with van der Waals surface area (Å²) in [6.45, 7) is 2.76. The summed E-state index contributed by atoms with van der Waals surface area (Å²) in [6.07, 6.45) is 0.914. The van der Waals surface area contributed by atoms with Crippen LogP contribution in [0.15, 0.2) is 42.5 Å². The molecule has 2 nitrogen and oxygen atoms in total. The third-order valence-corrected chi connectivity index (χ3v) is 3.46. The largest absolute Gasteiger partial charge is 0.457 e. The highest BCUT2D eigenvalue weighted by Gasteiger charge is 2.03. The molecular weight excluding hydrogens is 272 g/mol. The van der Waals surface area contributed by atoms with Gasteiger partial charge in [-0.15, -0.1) is 11.6 Å². The van der Waals surface area contributed by atoms with E-state index in [9.17, 15) is 0 Å². The fraction of sp³-hybridized carbons (Fsp3) is 0.294. The highest BCUT2D eigenvalue weighted by Crippen LogP contribution is 2.27. The Bertz CT molecular complexity index is 549. The summed E-state index contributed by atoms with van der Waals surface area (Å²) in [4.78, 5) is 0. The Labute approximate surface area is 125 Å². The second-order valence-corrected chi connectivity index (χ2v) is 4.99. The van der Waals surface area contributed by atoms with Crippen molar-refractivity contribution in [2.75, 3.05) is 13.7 Å². The maximum Gasteiger partial charge on any atom is 0.130 e. The van der Waals surface area contributed by atoms with Gasteiger partial charge in [-0.3, -0.25) is 0 Å². The molecule has 0 aliphatic carbocycles. The molecule has 0 aromatic heterocycles. The van der Waals surface area contributed by atoms with E-state index in [4.69, 9.17) is 21.1 Å². The second kappa shape index (κ2) is 7.32. The van der Waals surface area contributed by atoms with Crippen molar-refractivity contribution in [2.45, 2.75) is 19.2 Å². The lowest BCUT2D eigenvalue weighted by Crippen LogP contribution is -1.94. The fourth-order valence-electron chi connectivity index (χ4n) is 1.91. The lowest BCUT2D eigenvalue weighted by Gasteiger charge is -2.10. The number of alkyl halides is 1. The summed E-state index contributed by atoms with van der Waals surface area (Å²) in [5, 5.41) is 0. The molecule has 0 bridgehead atoms. The van der Waals surface area contributed by atoms with Crippen LogP contribution < -0.4 is 4.74 Å². The molecule has 0 N–H and O–H groups in total. The van der Waals surface area contributed by atoms with E-state index in [1.165, 1.54) is 5.56 Å². The fourth-order valence-corrected chi connectivity index (χ4v) is 2.07. The molecule has 2 aromatic rings. The number of halogens is 1. The van der Waals surface area contributed by atoms with Crippen LogP contribution in [0.5, 0.6) is 11.5 Å². The van der Waals surface area contributed by atoms with Crippen LogP contribution in [0.4, 0.5) is 0 Å². The molecule has 2 rings (SSSR count). The number of methoxy groups -OCH3 is 1. The van der Waals surface area contributed by atoms with Crippen LogP contribution in [0.2, 0.25) is 0 Å². The first-order valence-corrected chi connectivity index (χ1v) is 7.17. The van der Waals surface area contributed by atoms with E-state index in [0.717, 1.165) is 35.7 Å². The van der Waals surface area contributed by atoms with Gasteiger partial charge < -0.3 is 9.47 Å². The van der Waals surface area contributed by atoms with Crippen molar-refractivity contribution in [1.82, 2.24) is 0 Å². The van der Waals surface area contributed by atoms with Gasteiger partial charge in [0.2, 0.25) is 0 Å². The van der Waals surface area contributed by atoms with Crippen LogP contribution in [0.1, 0.15) is 16.7 Å². The van der Waals surface area contributed by atoms with Crippen LogP contribution in [-0.2, 0) is 17.0 Å². The number of ether oxygens (including phenoxy) is 2. The molecule has 3 heteroatoms. The summed E-state index contributed by atoms with van der Waals surface area (Å²) in [7, 11) is 1.71. The lowest BCUT2D eigenvalue weighted by molar-refractivity contribution is 0.202. The number of benzene rings is 2. The first kappa shape index (κ1) is 14.9. The van der Waals surface area contributed by atoms with Crippen LogP contribution in [0.25, 0.3) is 0 Å². The third-order valence-electron chi connectivity index (χ3n) is 3.15. The second-order valence-electron chi connectivity index (χ2n) is 4.72. The predicted octanol–water partition coefficient (Wildman–Crippen LogP) is 4.72. The maximum absolute atomic E-state index is 5.92. The van der Waals surface area contributed by atoms with Crippen molar-refractivity contribution in [2.24, 2.45) is 0 Å². The minimum absolute atomic E-state index is 0.493. The van der Waals surface area contributed by atoms with Crippen molar-refractivity contribution in [3.8, 4) is 11.5 Å². The SMILES string of the molecule is COCCc1ccc(Oc2cc(CCl)ccc2C)cc1. The van der Waals surface area contributed by atoms with E-state index in [-0.39, 0.29) is 0 Å². The Kier molecular flexibility index (Phi) is 5.45. The monoisotopic (exact) mass is 290 g/mol. The Morgan fingerprint density at radius 1 is 1.00 bits per heavy atom. The zero-order chi connectivity index (χ0) is 14.4. The molecule has 0 fully saturated rings. The van der Waals surface area contributed by atoms with Crippen molar-refractivity contribution in [1.29, 1.82) is 0 Å². The maximum atomic E-state index is 5.92. The van der Waals surface area contributed by atoms with E-state index in [2.05, 4.69) is 12.1 Å². The summed E-state index contributed by atoms with van der Waals surface area (Å²) in [6, 6.07) is 14.1. The molecule has 106 valence electrons. The van der Waals surface area contributed by atoms with Gasteiger partial charge in [0.15, 0.2) is 0 Å². The van der Waals surface area contributed by atoms with Crippen molar-refractivity contribution >= 4 is 11.6 Å². The highest BCUT2D eigenvalue weighted by atomic mass is 35.5. The molecule has 2 aromatic carbocycles. The van der Waals surface area contributed by atoms with E-state index >= 15 is 0 Å². The molecule has 20 heavy (non-hydrogen) atoms. The lowest BCUT2D eigenvalue weighted by atomic mass is 10.1. The zero-order valence-corrected chi connectivity index (χ0v) is 12.6. The van der Waals surface area contributed by atoms with Gasteiger partial charge in [-0.1, -0.05) is 24.3 Å². The van der Waals surface area contributed by atoms with Gasteiger partial charge in [-0.05, 0) is 48.2 Å². The number of aryl methyl sites for hydroxylation is 1. The average Bonchev–Trinajstić information content (AvgIpc) is 2.49. The molecule has 0 aliphatic rings. The Morgan fingerprint density at radius 3 is 2.35 bits per heavy atom. The third kappa shape index (κ3) is 3.99. The van der Waals surface area contributed by atoms with Crippen molar-refractivity contribution < 1.29 is 9.47 Å². The number of hydrogen-bond donors (Lipinski definition) is 0. The molecule has 0 atom stereocenters. The van der Waals surface area contributed by atoms with Crippen molar-refractivity contribution in [3.05, 3.63) is 59.2 Å². The van der Waals surface area contributed by atoms with Gasteiger partial charge in [0, 0.05) is 13.0 Å². The molecule has 0 heterocycles. The molecule has 0 unspecified atom stereocenters. The summed E-state index contributed by atoms with van der Waals surface area (Å²) >= 11 is 5.86. The van der Waals surface area contributed by atoms with Gasteiger partial charge in [0.1, 0.15) is 11.5 Å². The average molecular weight is 291 g/mol. The molecule has 0 saturated heterocycles. The predicted molar refractivity (Wildman–Crippen MR) is 82.8 cm³/mol. The van der Waals surface area contributed by atoms with E-state index in [1.807, 2.05) is 37.3 Å². The summed E-state index contributed by atoms with van der Waals surface area (Å²) < 4.78 is 11.0. The molecular formula is C17H19ClO2. The van der Waals surface area contributed by atoms with Gasteiger partial charge in [0.25, 0.3) is 0 Å². The van der Waals surface area contributed by atoms with E-state index in [0.29, 0.717) is 5.88 Å². The standard InChI is InChI=1S/C17H19ClO2/c1-13-3-4-15(12-18)11-17(13)20-16-7-5-14(6-8-16)9-10-19-2/h3-8,11H,9-10,12H2,1-2H3. The Morgan fingerprint density at radius 2 is 1.70 bits per heavy atom. The first-order valence-electron chi connectivity index (χ1n) is 6.64. The van der Waals surface area contributed by atoms with E-state index < -0.39 is 0 Å². The van der Waals surface area contributed by atoms with Crippen LogP contribution >= 0.6 is 11.6 Å². The Balaban J connectivity index is 2.09. The summed E-state index contributed by atoms with van der Waals surface area (Å²) in [5.74, 6) is 2.18. The number of rotatable bonds is 6. The minimum atomic E-state index is 0.493. The van der Waals surface area contributed by atoms with Gasteiger partial charge in [0.05, 0.1) is 6.61 Å². The van der Waals surface area contributed by atoms with Crippen LogP contribution in [-0.4, -0.2) is 13.7 Å². The molecule has 0 spiro atoms. The van der Waals surface area contributed by atoms with Crippen molar-refractivity contribution in [3.63, 3.8) is 0 Å². The summed E-state index contributed by atoms with van der Waals surface area (Å²) in [5.41, 5.74) is 3.40. The molecule has 0 amide bonds. The molecule has 0 saturated carbocycles. The quantitative estimate of drug-likeness (QED) is 0.717. The smallest absolute Gasteiger partial charge is 0.130 e. The topological polar surface area (TPSA) is 18.5 Å². The molecule has 0 aliphatic heterocycles. The van der Waals surface area contributed by atoms with E-state index in [1.54, 1.807) is 7.11 Å². The van der Waals surface area contributed by atoms with Gasteiger partial charge >= 0.3 is 0 Å². The minimum Gasteiger partial charge on any atom is -0.457 e. The van der Waals surface area contributed by atoms with Crippen LogP contribution in [0.3, 0.4) is 0 Å². The molecule has 0 radical (unpaired) electrons. The normalized spacial score (nSPS) is 10.6. The van der Waals surface area contributed by atoms with Crippen LogP contribution in [0, 0.1) is 6.92 Å². The Hall–Kier alpha value is -1.51. The van der Waals surface area contributed by atoms with Gasteiger partial charge in [-0.2, -0.15) is 0 Å². The zero-order valence-electron chi connectivity index (χ0n) is 11.9. The number of hydrogen-bond acceptors (Lipinski definition) is 2. The van der Waals surface area contributed by atoms with Gasteiger partial charge in [-0.25, -0.2) is 0 Å².